The summed E-state index contributed by atoms with van der Waals surface area (Å²) in [6.45, 7) is 0.496. The van der Waals surface area contributed by atoms with Gasteiger partial charge in [0.1, 0.15) is 12.4 Å². The van der Waals surface area contributed by atoms with E-state index in [-0.39, 0.29) is 24.1 Å². The minimum Gasteiger partial charge on any atom is -0.492 e. The van der Waals surface area contributed by atoms with Crippen molar-refractivity contribution in [3.8, 4) is 5.75 Å². The third kappa shape index (κ3) is 4.61. The van der Waals surface area contributed by atoms with Gasteiger partial charge >= 0.3 is 0 Å². The van der Waals surface area contributed by atoms with Gasteiger partial charge in [0.2, 0.25) is 0 Å². The standard InChI is InChI=1S/C16H14Cl2N2O4/c17-13-3-1-2-12(14(13)18)16(22)19-8-9-24-11-6-4-10(5-7-11)15(21)20-23/h1-7,23H,8-9H2,(H,19,22)(H,20,21). The molecule has 0 spiro atoms. The van der Waals surface area contributed by atoms with Crippen LogP contribution in [0.4, 0.5) is 0 Å². The number of hydrogen-bond donors (Lipinski definition) is 3. The number of carbonyl (C=O) groups is 2. The molecular formula is C16H14Cl2N2O4. The highest BCUT2D eigenvalue weighted by molar-refractivity contribution is 6.43. The molecule has 0 aliphatic heterocycles. The van der Waals surface area contributed by atoms with Gasteiger partial charge in [0.15, 0.2) is 0 Å². The van der Waals surface area contributed by atoms with E-state index in [1.165, 1.54) is 12.1 Å². The van der Waals surface area contributed by atoms with Crippen molar-refractivity contribution in [2.45, 2.75) is 0 Å². The van der Waals surface area contributed by atoms with Crippen LogP contribution in [-0.4, -0.2) is 30.2 Å². The van der Waals surface area contributed by atoms with Crippen molar-refractivity contribution in [2.75, 3.05) is 13.2 Å². The van der Waals surface area contributed by atoms with Gasteiger partial charge in [-0.1, -0.05) is 29.3 Å². The van der Waals surface area contributed by atoms with E-state index in [0.717, 1.165) is 0 Å². The van der Waals surface area contributed by atoms with Crippen LogP contribution in [0.1, 0.15) is 20.7 Å². The molecule has 0 fully saturated rings. The number of ether oxygens (including phenoxy) is 1. The predicted octanol–water partition coefficient (Wildman–Crippen LogP) is 2.92. The first kappa shape index (κ1) is 18.1. The maximum atomic E-state index is 12.0. The smallest absolute Gasteiger partial charge is 0.274 e. The molecule has 8 heteroatoms. The molecule has 0 aliphatic rings. The summed E-state index contributed by atoms with van der Waals surface area (Å²) in [5.41, 5.74) is 2.14. The number of hydroxylamine groups is 1. The van der Waals surface area contributed by atoms with Gasteiger partial charge in [-0.2, -0.15) is 0 Å². The van der Waals surface area contributed by atoms with Gasteiger partial charge in [0, 0.05) is 5.56 Å². The molecule has 3 N–H and O–H groups in total. The maximum absolute atomic E-state index is 12.0. The van der Waals surface area contributed by atoms with Crippen LogP contribution in [0, 0.1) is 0 Å². The molecule has 2 aromatic carbocycles. The van der Waals surface area contributed by atoms with Gasteiger partial charge in [0.05, 0.1) is 22.2 Å². The van der Waals surface area contributed by atoms with Crippen LogP contribution in [0.25, 0.3) is 0 Å². The lowest BCUT2D eigenvalue weighted by atomic mass is 10.2. The summed E-state index contributed by atoms with van der Waals surface area (Å²) in [6, 6.07) is 11.0. The van der Waals surface area contributed by atoms with Crippen LogP contribution < -0.4 is 15.5 Å². The zero-order valence-electron chi connectivity index (χ0n) is 12.4. The molecule has 2 aromatic rings. The molecule has 2 rings (SSSR count). The van der Waals surface area contributed by atoms with Gasteiger partial charge in [-0.05, 0) is 36.4 Å². The van der Waals surface area contributed by atoms with E-state index in [4.69, 9.17) is 33.1 Å². The Balaban J connectivity index is 1.81. The fourth-order valence-corrected chi connectivity index (χ4v) is 2.26. The Bertz CT molecular complexity index is 735. The van der Waals surface area contributed by atoms with Crippen molar-refractivity contribution in [1.29, 1.82) is 0 Å². The molecule has 6 nitrogen and oxygen atoms in total. The zero-order valence-corrected chi connectivity index (χ0v) is 13.9. The van der Waals surface area contributed by atoms with E-state index >= 15 is 0 Å². The lowest BCUT2D eigenvalue weighted by Gasteiger charge is -2.09. The topological polar surface area (TPSA) is 87.7 Å². The molecule has 0 saturated heterocycles. The second-order valence-corrected chi connectivity index (χ2v) is 5.46. The Morgan fingerprint density at radius 3 is 2.42 bits per heavy atom. The van der Waals surface area contributed by atoms with Crippen molar-refractivity contribution in [3.63, 3.8) is 0 Å². The molecule has 2 amide bonds. The van der Waals surface area contributed by atoms with Gasteiger partial charge in [-0.3, -0.25) is 14.8 Å². The fraction of sp³-hybridized carbons (Fsp3) is 0.125. The van der Waals surface area contributed by atoms with Crippen LogP contribution in [0.2, 0.25) is 10.0 Å². The second kappa shape index (κ2) is 8.54. The van der Waals surface area contributed by atoms with Gasteiger partial charge < -0.3 is 10.1 Å². The van der Waals surface area contributed by atoms with Crippen molar-refractivity contribution in [3.05, 3.63) is 63.6 Å². The Kier molecular flexibility index (Phi) is 6.43. The molecular weight excluding hydrogens is 355 g/mol. The third-order valence-corrected chi connectivity index (χ3v) is 3.89. The number of rotatable bonds is 6. The maximum Gasteiger partial charge on any atom is 0.274 e. The molecule has 0 atom stereocenters. The zero-order chi connectivity index (χ0) is 17.5. The Morgan fingerprint density at radius 1 is 1.04 bits per heavy atom. The van der Waals surface area contributed by atoms with Crippen molar-refractivity contribution >= 4 is 35.0 Å². The fourth-order valence-electron chi connectivity index (χ4n) is 1.87. The summed E-state index contributed by atoms with van der Waals surface area (Å²) in [7, 11) is 0. The van der Waals surface area contributed by atoms with E-state index in [1.54, 1.807) is 35.8 Å². The van der Waals surface area contributed by atoms with Gasteiger partial charge in [0.25, 0.3) is 11.8 Å². The van der Waals surface area contributed by atoms with Crippen LogP contribution in [0.15, 0.2) is 42.5 Å². The predicted molar refractivity (Wildman–Crippen MR) is 90.0 cm³/mol. The Hall–Kier alpha value is -2.28. The summed E-state index contributed by atoms with van der Waals surface area (Å²) in [5, 5.41) is 11.7. The first-order chi connectivity index (χ1) is 11.5. The Labute approximate surface area is 148 Å². The molecule has 0 unspecified atom stereocenters. The quantitative estimate of drug-likeness (QED) is 0.415. The average Bonchev–Trinajstić information content (AvgIpc) is 2.60. The van der Waals surface area contributed by atoms with E-state index in [9.17, 15) is 9.59 Å². The van der Waals surface area contributed by atoms with Gasteiger partial charge in [-0.25, -0.2) is 5.48 Å². The minimum atomic E-state index is -0.604. The molecule has 0 bridgehead atoms. The lowest BCUT2D eigenvalue weighted by Crippen LogP contribution is -2.28. The van der Waals surface area contributed by atoms with Crippen LogP contribution >= 0.6 is 23.2 Å². The average molecular weight is 369 g/mol. The van der Waals surface area contributed by atoms with Crippen LogP contribution in [-0.2, 0) is 0 Å². The molecule has 0 saturated carbocycles. The van der Waals surface area contributed by atoms with Crippen molar-refractivity contribution < 1.29 is 19.5 Å². The molecule has 126 valence electrons. The second-order valence-electron chi connectivity index (χ2n) is 4.67. The minimum absolute atomic E-state index is 0.204. The largest absolute Gasteiger partial charge is 0.492 e. The summed E-state index contributed by atoms with van der Waals surface area (Å²) >= 11 is 11.8. The normalized spacial score (nSPS) is 10.1. The molecule has 24 heavy (non-hydrogen) atoms. The molecule has 0 aromatic heterocycles. The number of nitrogens with one attached hydrogen (secondary N) is 2. The van der Waals surface area contributed by atoms with Gasteiger partial charge in [-0.15, -0.1) is 0 Å². The first-order valence-corrected chi connectivity index (χ1v) is 7.68. The first-order valence-electron chi connectivity index (χ1n) is 6.92. The summed E-state index contributed by atoms with van der Waals surface area (Å²) < 4.78 is 5.45. The Morgan fingerprint density at radius 2 is 1.75 bits per heavy atom. The highest BCUT2D eigenvalue weighted by Crippen LogP contribution is 2.25. The van der Waals surface area contributed by atoms with Crippen LogP contribution in [0.3, 0.4) is 0 Å². The monoisotopic (exact) mass is 368 g/mol. The van der Waals surface area contributed by atoms with E-state index in [1.807, 2.05) is 0 Å². The number of hydrogen-bond acceptors (Lipinski definition) is 4. The van der Waals surface area contributed by atoms with Crippen LogP contribution in [0.5, 0.6) is 5.75 Å². The summed E-state index contributed by atoms with van der Waals surface area (Å²) in [5.74, 6) is -0.423. The summed E-state index contributed by atoms with van der Waals surface area (Å²) in [6.07, 6.45) is 0. The molecule has 0 heterocycles. The molecule has 0 radical (unpaired) electrons. The number of carbonyl (C=O) groups excluding carboxylic acids is 2. The number of benzene rings is 2. The van der Waals surface area contributed by atoms with Crippen molar-refractivity contribution in [2.24, 2.45) is 0 Å². The third-order valence-electron chi connectivity index (χ3n) is 3.07. The van der Waals surface area contributed by atoms with Crippen molar-refractivity contribution in [1.82, 2.24) is 10.8 Å². The number of amides is 2. The lowest BCUT2D eigenvalue weighted by molar-refractivity contribution is 0.0706. The van der Waals surface area contributed by atoms with E-state index < -0.39 is 5.91 Å². The molecule has 0 aliphatic carbocycles. The summed E-state index contributed by atoms with van der Waals surface area (Å²) in [4.78, 5) is 23.2. The number of halogens is 2. The van der Waals surface area contributed by atoms with E-state index in [0.29, 0.717) is 21.9 Å². The van der Waals surface area contributed by atoms with E-state index in [2.05, 4.69) is 5.32 Å². The SMILES string of the molecule is O=C(NO)c1ccc(OCCNC(=O)c2cccc(Cl)c2Cl)cc1. The highest BCUT2D eigenvalue weighted by atomic mass is 35.5. The highest BCUT2D eigenvalue weighted by Gasteiger charge is 2.12.